The summed E-state index contributed by atoms with van der Waals surface area (Å²) in [5, 5.41) is 2.39. The summed E-state index contributed by atoms with van der Waals surface area (Å²) in [6.45, 7) is -0.393. The molecule has 40 heavy (non-hydrogen) atoms. The van der Waals surface area contributed by atoms with Crippen LogP contribution >= 0.6 is 23.2 Å². The predicted octanol–water partition coefficient (Wildman–Crippen LogP) is 5.68. The number of anilines is 1. The third-order valence-electron chi connectivity index (χ3n) is 8.77. The molecule has 4 amide bonds. The molecule has 0 spiro atoms. The molecule has 208 valence electrons. The van der Waals surface area contributed by atoms with Gasteiger partial charge in [-0.15, -0.1) is 0 Å². The molecule has 2 aromatic carbocycles. The van der Waals surface area contributed by atoms with Crippen molar-refractivity contribution in [3.05, 3.63) is 63.1 Å². The SMILES string of the molecule is COC(=O)COc1c(Cl)cc(/C=C2\C(=O)NC(=O)N(c3ccc(C45CC6CC(CC(C6)C4)C5)cc3)C2=O)cc1Cl. The standard InChI is InChI=1S/C30H28Cl2N2O6/c1-39-25(35)15-40-26-23(31)10-16(11-24(26)32)9-22-27(36)33-29(38)34(28(22)37)21-4-2-20(3-5-21)30-12-17-6-18(13-30)8-19(7-17)14-30/h2-5,9-11,17-19H,6-8,12-15H2,1H3,(H,33,36,38)/b22-9+. The van der Waals surface area contributed by atoms with Crippen molar-refractivity contribution in [1.29, 1.82) is 0 Å². The zero-order chi connectivity index (χ0) is 28.2. The van der Waals surface area contributed by atoms with Gasteiger partial charge in [0.05, 0.1) is 22.8 Å². The highest BCUT2D eigenvalue weighted by atomic mass is 35.5. The van der Waals surface area contributed by atoms with E-state index in [2.05, 4.69) is 10.1 Å². The van der Waals surface area contributed by atoms with Crippen molar-refractivity contribution in [2.24, 2.45) is 17.8 Å². The van der Waals surface area contributed by atoms with Crippen LogP contribution < -0.4 is 15.0 Å². The average molecular weight is 583 g/mol. The summed E-state index contributed by atoms with van der Waals surface area (Å²) in [5.74, 6) is 0.271. The zero-order valence-corrected chi connectivity index (χ0v) is 23.4. The van der Waals surface area contributed by atoms with E-state index in [1.807, 2.05) is 12.1 Å². The second kappa shape index (κ2) is 10.2. The van der Waals surface area contributed by atoms with Gasteiger partial charge in [0.25, 0.3) is 11.8 Å². The third kappa shape index (κ3) is 4.77. The number of hydrogen-bond acceptors (Lipinski definition) is 6. The number of barbiturate groups is 1. The van der Waals surface area contributed by atoms with E-state index >= 15 is 0 Å². The van der Waals surface area contributed by atoms with Crippen LogP contribution in [0.1, 0.15) is 49.7 Å². The number of rotatable bonds is 6. The molecule has 1 heterocycles. The smallest absolute Gasteiger partial charge is 0.343 e. The highest BCUT2D eigenvalue weighted by molar-refractivity contribution is 6.40. The van der Waals surface area contributed by atoms with E-state index in [9.17, 15) is 19.2 Å². The lowest BCUT2D eigenvalue weighted by atomic mass is 9.48. The molecule has 10 heteroatoms. The highest BCUT2D eigenvalue weighted by Crippen LogP contribution is 2.60. The molecule has 0 radical (unpaired) electrons. The Morgan fingerprint density at radius 1 is 1.00 bits per heavy atom. The van der Waals surface area contributed by atoms with E-state index < -0.39 is 30.4 Å². The van der Waals surface area contributed by atoms with E-state index in [1.54, 1.807) is 12.1 Å². The Kier molecular flexibility index (Phi) is 6.87. The minimum Gasteiger partial charge on any atom is -0.479 e. The van der Waals surface area contributed by atoms with Crippen LogP contribution in [-0.4, -0.2) is 37.5 Å². The van der Waals surface area contributed by atoms with Gasteiger partial charge in [-0.05, 0) is 103 Å². The van der Waals surface area contributed by atoms with Crippen molar-refractivity contribution in [2.45, 2.75) is 43.9 Å². The van der Waals surface area contributed by atoms with Gasteiger partial charge < -0.3 is 9.47 Å². The van der Waals surface area contributed by atoms with Gasteiger partial charge in [0.15, 0.2) is 12.4 Å². The molecule has 5 aliphatic rings. The van der Waals surface area contributed by atoms with Gasteiger partial charge in [0.2, 0.25) is 0 Å². The maximum atomic E-state index is 13.4. The largest absolute Gasteiger partial charge is 0.479 e. The summed E-state index contributed by atoms with van der Waals surface area (Å²) >= 11 is 12.6. The number of amides is 4. The number of carbonyl (C=O) groups excluding carboxylic acids is 4. The molecule has 0 unspecified atom stereocenters. The molecule has 8 nitrogen and oxygen atoms in total. The van der Waals surface area contributed by atoms with E-state index in [1.165, 1.54) is 69.4 Å². The molecule has 4 saturated carbocycles. The number of carbonyl (C=O) groups is 4. The van der Waals surface area contributed by atoms with Crippen molar-refractivity contribution in [2.75, 3.05) is 18.6 Å². The third-order valence-corrected chi connectivity index (χ3v) is 9.33. The molecule has 7 rings (SSSR count). The number of methoxy groups -OCH3 is 1. The molecule has 1 saturated heterocycles. The van der Waals surface area contributed by atoms with Gasteiger partial charge in [0, 0.05) is 0 Å². The quantitative estimate of drug-likeness (QED) is 0.267. The summed E-state index contributed by atoms with van der Waals surface area (Å²) in [7, 11) is 1.22. The molecule has 1 N–H and O–H groups in total. The Bertz CT molecular complexity index is 1390. The summed E-state index contributed by atoms with van der Waals surface area (Å²) < 4.78 is 9.87. The van der Waals surface area contributed by atoms with Crippen LogP contribution in [0.3, 0.4) is 0 Å². The first-order chi connectivity index (χ1) is 19.2. The summed E-state index contributed by atoms with van der Waals surface area (Å²) in [5.41, 5.74) is 1.93. The number of benzene rings is 2. The second-order valence-corrected chi connectivity index (χ2v) is 12.2. The van der Waals surface area contributed by atoms with Crippen molar-refractivity contribution in [3.8, 4) is 5.75 Å². The van der Waals surface area contributed by atoms with Crippen LogP contribution in [0.4, 0.5) is 10.5 Å². The van der Waals surface area contributed by atoms with Crippen LogP contribution in [0.2, 0.25) is 10.0 Å². The lowest BCUT2D eigenvalue weighted by Crippen LogP contribution is -2.54. The number of imide groups is 2. The minimum absolute atomic E-state index is 0.0613. The number of halogens is 2. The maximum Gasteiger partial charge on any atom is 0.343 e. The van der Waals surface area contributed by atoms with Gasteiger partial charge >= 0.3 is 12.0 Å². The van der Waals surface area contributed by atoms with Gasteiger partial charge in [0.1, 0.15) is 5.57 Å². The van der Waals surface area contributed by atoms with Gasteiger partial charge in [-0.1, -0.05) is 35.3 Å². The zero-order valence-electron chi connectivity index (χ0n) is 21.9. The van der Waals surface area contributed by atoms with E-state index in [-0.39, 0.29) is 26.8 Å². The minimum atomic E-state index is -0.824. The molecule has 0 aromatic heterocycles. The van der Waals surface area contributed by atoms with E-state index in [0.717, 1.165) is 22.7 Å². The molecule has 4 bridgehead atoms. The molecular weight excluding hydrogens is 555 g/mol. The first kappa shape index (κ1) is 26.8. The Balaban J connectivity index is 1.25. The van der Waals surface area contributed by atoms with Gasteiger partial charge in [-0.25, -0.2) is 14.5 Å². The topological polar surface area (TPSA) is 102 Å². The van der Waals surface area contributed by atoms with Crippen LogP contribution in [0.15, 0.2) is 42.0 Å². The van der Waals surface area contributed by atoms with Crippen LogP contribution in [-0.2, 0) is 24.5 Å². The second-order valence-electron chi connectivity index (χ2n) is 11.4. The van der Waals surface area contributed by atoms with Crippen molar-refractivity contribution < 1.29 is 28.7 Å². The van der Waals surface area contributed by atoms with Crippen molar-refractivity contribution in [1.82, 2.24) is 5.32 Å². The fraction of sp³-hybridized carbons (Fsp3) is 0.400. The lowest BCUT2D eigenvalue weighted by Gasteiger charge is -2.57. The monoisotopic (exact) mass is 582 g/mol. The van der Waals surface area contributed by atoms with E-state index in [4.69, 9.17) is 27.9 Å². The normalized spacial score (nSPS) is 28.2. The van der Waals surface area contributed by atoms with Gasteiger partial charge in [-0.2, -0.15) is 0 Å². The fourth-order valence-corrected chi connectivity index (χ4v) is 8.09. The Morgan fingerprint density at radius 2 is 1.57 bits per heavy atom. The molecule has 2 aromatic rings. The van der Waals surface area contributed by atoms with Crippen LogP contribution in [0, 0.1) is 17.8 Å². The molecular formula is C30H28Cl2N2O6. The lowest BCUT2D eigenvalue weighted by molar-refractivity contribution is -0.143. The van der Waals surface area contributed by atoms with Gasteiger partial charge in [-0.3, -0.25) is 14.9 Å². The van der Waals surface area contributed by atoms with Crippen molar-refractivity contribution in [3.63, 3.8) is 0 Å². The Hall–Kier alpha value is -3.36. The highest BCUT2D eigenvalue weighted by Gasteiger charge is 2.51. The Morgan fingerprint density at radius 3 is 2.12 bits per heavy atom. The number of esters is 1. The number of nitrogens with zero attached hydrogens (tertiary/aromatic N) is 1. The molecule has 4 aliphatic carbocycles. The average Bonchev–Trinajstić information content (AvgIpc) is 2.90. The van der Waals surface area contributed by atoms with Crippen LogP contribution in [0.25, 0.3) is 6.08 Å². The fourth-order valence-electron chi connectivity index (χ4n) is 7.48. The van der Waals surface area contributed by atoms with Crippen LogP contribution in [0.5, 0.6) is 5.75 Å². The number of urea groups is 1. The van der Waals surface area contributed by atoms with E-state index in [0.29, 0.717) is 11.3 Å². The molecule has 0 atom stereocenters. The maximum absolute atomic E-state index is 13.4. The number of nitrogens with one attached hydrogen (secondary N) is 1. The van der Waals surface area contributed by atoms with Crippen molar-refractivity contribution >= 4 is 58.8 Å². The summed E-state index contributed by atoms with van der Waals surface area (Å²) in [4.78, 5) is 51.2. The first-order valence-electron chi connectivity index (χ1n) is 13.4. The predicted molar refractivity (Wildman–Crippen MR) is 149 cm³/mol. The molecule has 5 fully saturated rings. The number of hydrogen-bond donors (Lipinski definition) is 1. The Labute approximate surface area is 241 Å². The summed E-state index contributed by atoms with van der Waals surface area (Å²) in [6.07, 6.45) is 8.98. The summed E-state index contributed by atoms with van der Waals surface area (Å²) in [6, 6.07) is 9.73. The molecule has 1 aliphatic heterocycles. The number of ether oxygens (including phenoxy) is 2. The first-order valence-corrected chi connectivity index (χ1v) is 14.1.